The number of hydrogen-bond donors (Lipinski definition) is 1. The molecule has 0 radical (unpaired) electrons. The number of nitrogens with one attached hydrogen (secondary N) is 1. The standard InChI is InChI=1S/C20H12BrNO3/c21-13-8-9-18-15(10-13)19(23)16(11-25-18)20(24)22-17-7-3-5-12-4-1-2-6-14(12)17/h1-11H,(H,22,24). The molecule has 1 aromatic heterocycles. The van der Waals surface area contributed by atoms with Crippen molar-refractivity contribution < 1.29 is 9.21 Å². The van der Waals surface area contributed by atoms with Gasteiger partial charge in [-0.2, -0.15) is 0 Å². The van der Waals surface area contributed by atoms with Crippen molar-refractivity contribution in [2.75, 3.05) is 5.32 Å². The Hall–Kier alpha value is -2.92. The summed E-state index contributed by atoms with van der Waals surface area (Å²) >= 11 is 3.33. The van der Waals surface area contributed by atoms with Crippen LogP contribution in [0.4, 0.5) is 5.69 Å². The molecule has 1 amide bonds. The second-order valence-electron chi connectivity index (χ2n) is 5.60. The highest BCUT2D eigenvalue weighted by Gasteiger charge is 2.15. The van der Waals surface area contributed by atoms with E-state index in [1.54, 1.807) is 24.3 Å². The molecule has 0 fully saturated rings. The molecule has 1 heterocycles. The highest BCUT2D eigenvalue weighted by molar-refractivity contribution is 9.10. The molecule has 25 heavy (non-hydrogen) atoms. The maximum atomic E-state index is 12.6. The SMILES string of the molecule is O=C(Nc1cccc2ccccc12)c1coc2ccc(Br)cc2c1=O. The lowest BCUT2D eigenvalue weighted by Crippen LogP contribution is -2.21. The van der Waals surface area contributed by atoms with Gasteiger partial charge in [0, 0.05) is 15.5 Å². The summed E-state index contributed by atoms with van der Waals surface area (Å²) in [5, 5.41) is 5.09. The molecule has 0 saturated heterocycles. The smallest absolute Gasteiger partial charge is 0.262 e. The lowest BCUT2D eigenvalue weighted by atomic mass is 10.1. The molecule has 4 aromatic rings. The molecule has 0 saturated carbocycles. The molecule has 3 aromatic carbocycles. The van der Waals surface area contributed by atoms with Crippen molar-refractivity contribution in [1.29, 1.82) is 0 Å². The van der Waals surface area contributed by atoms with Gasteiger partial charge in [0.25, 0.3) is 5.91 Å². The zero-order chi connectivity index (χ0) is 17.4. The molecule has 0 aliphatic heterocycles. The summed E-state index contributed by atoms with van der Waals surface area (Å²) < 4.78 is 6.19. The third-order valence-corrected chi connectivity index (χ3v) is 4.51. The van der Waals surface area contributed by atoms with E-state index in [0.29, 0.717) is 16.7 Å². The van der Waals surface area contributed by atoms with Gasteiger partial charge in [-0.15, -0.1) is 0 Å². The minimum atomic E-state index is -0.494. The molecule has 122 valence electrons. The summed E-state index contributed by atoms with van der Waals surface area (Å²) in [5.74, 6) is -0.494. The van der Waals surface area contributed by atoms with Gasteiger partial charge in [0.2, 0.25) is 5.43 Å². The summed E-state index contributed by atoms with van der Waals surface area (Å²) in [6.45, 7) is 0. The van der Waals surface area contributed by atoms with Gasteiger partial charge < -0.3 is 9.73 Å². The van der Waals surface area contributed by atoms with E-state index < -0.39 is 5.91 Å². The predicted octanol–water partition coefficient (Wildman–Crippen LogP) is 4.96. The van der Waals surface area contributed by atoms with Crippen LogP contribution in [-0.2, 0) is 0 Å². The average Bonchev–Trinajstić information content (AvgIpc) is 2.63. The van der Waals surface area contributed by atoms with Crippen molar-refractivity contribution in [2.45, 2.75) is 0 Å². The van der Waals surface area contributed by atoms with Crippen molar-refractivity contribution >= 4 is 49.3 Å². The minimum absolute atomic E-state index is 0.0291. The van der Waals surface area contributed by atoms with Gasteiger partial charge in [-0.05, 0) is 29.7 Å². The molecule has 0 bridgehead atoms. The van der Waals surface area contributed by atoms with Crippen LogP contribution >= 0.6 is 15.9 Å². The van der Waals surface area contributed by atoms with Gasteiger partial charge in [-0.3, -0.25) is 9.59 Å². The first-order valence-corrected chi connectivity index (χ1v) is 8.43. The van der Waals surface area contributed by atoms with Crippen LogP contribution in [0.15, 0.2) is 80.6 Å². The number of carbonyl (C=O) groups is 1. The van der Waals surface area contributed by atoms with Crippen LogP contribution in [0.25, 0.3) is 21.7 Å². The number of halogens is 1. The Labute approximate surface area is 151 Å². The zero-order valence-corrected chi connectivity index (χ0v) is 14.5. The van der Waals surface area contributed by atoms with E-state index in [4.69, 9.17) is 4.42 Å². The highest BCUT2D eigenvalue weighted by atomic mass is 79.9. The molecule has 0 aliphatic carbocycles. The van der Waals surface area contributed by atoms with Crippen molar-refractivity contribution in [1.82, 2.24) is 0 Å². The van der Waals surface area contributed by atoms with Crippen LogP contribution in [0.3, 0.4) is 0 Å². The normalized spacial score (nSPS) is 10.9. The minimum Gasteiger partial charge on any atom is -0.463 e. The fourth-order valence-corrected chi connectivity index (χ4v) is 3.15. The molecule has 5 heteroatoms. The van der Waals surface area contributed by atoms with Gasteiger partial charge in [-0.1, -0.05) is 52.3 Å². The molecule has 0 aliphatic rings. The van der Waals surface area contributed by atoms with Crippen LogP contribution in [0, 0.1) is 0 Å². The largest absolute Gasteiger partial charge is 0.463 e. The van der Waals surface area contributed by atoms with Crippen molar-refractivity contribution in [3.05, 3.63) is 87.2 Å². The van der Waals surface area contributed by atoms with Gasteiger partial charge in [-0.25, -0.2) is 0 Å². The third kappa shape index (κ3) is 2.83. The van der Waals surface area contributed by atoms with Crippen molar-refractivity contribution in [3.63, 3.8) is 0 Å². The number of anilines is 1. The van der Waals surface area contributed by atoms with E-state index in [1.165, 1.54) is 6.26 Å². The number of benzene rings is 3. The second-order valence-corrected chi connectivity index (χ2v) is 6.52. The number of fused-ring (bicyclic) bond motifs is 2. The van der Waals surface area contributed by atoms with E-state index in [0.717, 1.165) is 15.2 Å². The Morgan fingerprint density at radius 3 is 2.64 bits per heavy atom. The maximum absolute atomic E-state index is 12.6. The van der Waals surface area contributed by atoms with Crippen LogP contribution < -0.4 is 10.7 Å². The molecule has 4 nitrogen and oxygen atoms in total. The lowest BCUT2D eigenvalue weighted by molar-refractivity contribution is 0.102. The summed E-state index contributed by atoms with van der Waals surface area (Å²) in [5.41, 5.74) is 0.700. The Bertz CT molecular complexity index is 1180. The molecule has 1 N–H and O–H groups in total. The average molecular weight is 394 g/mol. The fraction of sp³-hybridized carbons (Fsp3) is 0. The van der Waals surface area contributed by atoms with Crippen molar-refractivity contribution in [3.8, 4) is 0 Å². The Balaban J connectivity index is 1.77. The number of carbonyl (C=O) groups excluding carboxylic acids is 1. The summed E-state index contributed by atoms with van der Waals surface area (Å²) in [6, 6.07) is 18.5. The maximum Gasteiger partial charge on any atom is 0.262 e. The van der Waals surface area contributed by atoms with Crippen molar-refractivity contribution in [2.24, 2.45) is 0 Å². The van der Waals surface area contributed by atoms with E-state index in [-0.39, 0.29) is 11.0 Å². The van der Waals surface area contributed by atoms with E-state index in [2.05, 4.69) is 21.2 Å². The quantitative estimate of drug-likeness (QED) is 0.523. The first-order chi connectivity index (χ1) is 12.1. The Morgan fingerprint density at radius 2 is 1.76 bits per heavy atom. The lowest BCUT2D eigenvalue weighted by Gasteiger charge is -2.08. The molecular formula is C20H12BrNO3. The molecule has 0 spiro atoms. The molecular weight excluding hydrogens is 382 g/mol. The second kappa shape index (κ2) is 6.18. The number of hydrogen-bond acceptors (Lipinski definition) is 3. The number of amides is 1. The van der Waals surface area contributed by atoms with Crippen LogP contribution in [-0.4, -0.2) is 5.91 Å². The van der Waals surface area contributed by atoms with Gasteiger partial charge in [0.1, 0.15) is 17.4 Å². The topological polar surface area (TPSA) is 59.3 Å². The Kier molecular flexibility index (Phi) is 3.86. The van der Waals surface area contributed by atoms with E-state index in [1.807, 2.05) is 36.4 Å². The molecule has 0 unspecified atom stereocenters. The summed E-state index contributed by atoms with van der Waals surface area (Å²) in [7, 11) is 0. The van der Waals surface area contributed by atoms with Crippen LogP contribution in [0.1, 0.15) is 10.4 Å². The van der Waals surface area contributed by atoms with Crippen LogP contribution in [0.2, 0.25) is 0 Å². The molecule has 0 atom stereocenters. The van der Waals surface area contributed by atoms with Gasteiger partial charge in [0.15, 0.2) is 0 Å². The Morgan fingerprint density at radius 1 is 0.960 bits per heavy atom. The monoisotopic (exact) mass is 393 g/mol. The van der Waals surface area contributed by atoms with Gasteiger partial charge >= 0.3 is 0 Å². The summed E-state index contributed by atoms with van der Waals surface area (Å²) in [6.07, 6.45) is 1.21. The summed E-state index contributed by atoms with van der Waals surface area (Å²) in [4.78, 5) is 25.3. The fourth-order valence-electron chi connectivity index (χ4n) is 2.78. The molecule has 4 rings (SSSR count). The highest BCUT2D eigenvalue weighted by Crippen LogP contribution is 2.24. The first-order valence-electron chi connectivity index (χ1n) is 7.64. The van der Waals surface area contributed by atoms with Crippen LogP contribution in [0.5, 0.6) is 0 Å². The predicted molar refractivity (Wildman–Crippen MR) is 102 cm³/mol. The van der Waals surface area contributed by atoms with E-state index in [9.17, 15) is 9.59 Å². The van der Waals surface area contributed by atoms with E-state index >= 15 is 0 Å². The third-order valence-electron chi connectivity index (χ3n) is 4.02. The van der Waals surface area contributed by atoms with Gasteiger partial charge in [0.05, 0.1) is 5.39 Å². The first kappa shape index (κ1) is 15.6. The number of rotatable bonds is 2. The zero-order valence-electron chi connectivity index (χ0n) is 13.0.